The molecule has 0 saturated carbocycles. The summed E-state index contributed by atoms with van der Waals surface area (Å²) in [6, 6.07) is 19.9. The van der Waals surface area contributed by atoms with Gasteiger partial charge < -0.3 is 19.9 Å². The maximum absolute atomic E-state index is 12.5. The van der Waals surface area contributed by atoms with Crippen LogP contribution in [0.1, 0.15) is 41.3 Å². The molecule has 172 valence electrons. The highest BCUT2D eigenvalue weighted by Crippen LogP contribution is 2.43. The number of carbonyl (C=O) groups is 2. The average molecular weight is 477 g/mol. The molecule has 3 aromatic rings. The van der Waals surface area contributed by atoms with Crippen LogP contribution in [0.25, 0.3) is 0 Å². The van der Waals surface area contributed by atoms with Crippen molar-refractivity contribution in [2.45, 2.75) is 31.5 Å². The Morgan fingerprint density at radius 2 is 1.76 bits per heavy atom. The molecule has 3 aromatic carbocycles. The molecule has 0 saturated heterocycles. The number of nitrogens with zero attached hydrogens (tertiary/aromatic N) is 1. The van der Waals surface area contributed by atoms with Crippen molar-refractivity contribution in [2.75, 3.05) is 5.32 Å². The molecule has 0 bridgehead atoms. The zero-order valence-corrected chi connectivity index (χ0v) is 19.2. The second-order valence-corrected chi connectivity index (χ2v) is 8.85. The molecule has 2 N–H and O–H groups in total. The van der Waals surface area contributed by atoms with Gasteiger partial charge in [-0.2, -0.15) is 5.26 Å². The van der Waals surface area contributed by atoms with Gasteiger partial charge in [0.1, 0.15) is 23.0 Å². The summed E-state index contributed by atoms with van der Waals surface area (Å²) in [5.74, 6) is -1.66. The molecule has 4 rings (SSSR count). The lowest BCUT2D eigenvalue weighted by Crippen LogP contribution is -2.53. The quantitative estimate of drug-likeness (QED) is 0.520. The number of carbonyl (C=O) groups excluding carboxylic acids is 1. The third kappa shape index (κ3) is 4.68. The maximum Gasteiger partial charge on any atom is 0.315 e. The van der Waals surface area contributed by atoms with Gasteiger partial charge in [0.2, 0.25) is 0 Å². The number of halogens is 1. The van der Waals surface area contributed by atoms with Crippen LogP contribution in [-0.4, -0.2) is 28.7 Å². The van der Waals surface area contributed by atoms with Gasteiger partial charge >= 0.3 is 5.97 Å². The smallest absolute Gasteiger partial charge is 0.315 e. The number of carboxylic acids is 1. The topological polar surface area (TPSA) is 109 Å². The van der Waals surface area contributed by atoms with Crippen LogP contribution >= 0.6 is 11.6 Å². The number of anilines is 1. The van der Waals surface area contributed by atoms with E-state index in [2.05, 4.69) is 5.32 Å². The van der Waals surface area contributed by atoms with E-state index in [0.717, 1.165) is 0 Å². The zero-order chi connectivity index (χ0) is 24.5. The molecule has 1 heterocycles. The fourth-order valence-electron chi connectivity index (χ4n) is 3.90. The molecule has 7 nitrogen and oxygen atoms in total. The lowest BCUT2D eigenvalue weighted by molar-refractivity contribution is -0.147. The van der Waals surface area contributed by atoms with E-state index >= 15 is 0 Å². The van der Waals surface area contributed by atoms with Gasteiger partial charge in [-0.25, -0.2) is 0 Å². The fraction of sp³-hybridized carbons (Fsp3) is 0.192. The first-order valence-corrected chi connectivity index (χ1v) is 10.9. The highest BCUT2D eigenvalue weighted by molar-refractivity contribution is 6.30. The molecule has 2 atom stereocenters. The normalized spacial score (nSPS) is 18.1. The zero-order valence-electron chi connectivity index (χ0n) is 18.4. The third-order valence-electron chi connectivity index (χ3n) is 5.58. The number of fused-ring (bicyclic) bond motifs is 1. The summed E-state index contributed by atoms with van der Waals surface area (Å²) in [4.78, 5) is 24.8. The number of nitriles is 1. The first-order valence-electron chi connectivity index (χ1n) is 10.5. The van der Waals surface area contributed by atoms with Crippen molar-refractivity contribution < 1.29 is 24.2 Å². The van der Waals surface area contributed by atoms with Crippen molar-refractivity contribution in [3.05, 3.63) is 88.4 Å². The Bertz CT molecular complexity index is 1280. The molecular formula is C26H21ClN2O5. The number of hydrogen-bond donors (Lipinski definition) is 2. The van der Waals surface area contributed by atoms with Crippen molar-refractivity contribution in [1.29, 1.82) is 5.26 Å². The lowest BCUT2D eigenvalue weighted by Gasteiger charge is -2.43. The van der Waals surface area contributed by atoms with Crippen molar-refractivity contribution in [3.63, 3.8) is 0 Å². The van der Waals surface area contributed by atoms with Gasteiger partial charge in [0.15, 0.2) is 6.10 Å². The van der Waals surface area contributed by atoms with E-state index in [1.165, 1.54) is 6.07 Å². The molecule has 1 aliphatic rings. The van der Waals surface area contributed by atoms with Gasteiger partial charge in [0, 0.05) is 21.8 Å². The Balaban J connectivity index is 1.57. The van der Waals surface area contributed by atoms with E-state index in [-0.39, 0.29) is 5.91 Å². The predicted octanol–water partition coefficient (Wildman–Crippen LogP) is 5.25. The highest BCUT2D eigenvalue weighted by atomic mass is 35.5. The van der Waals surface area contributed by atoms with Crippen LogP contribution in [0.2, 0.25) is 5.02 Å². The fourth-order valence-corrected chi connectivity index (χ4v) is 4.03. The number of nitrogens with one attached hydrogen (secondary N) is 1. The Kier molecular flexibility index (Phi) is 6.18. The molecule has 1 aliphatic heterocycles. The first kappa shape index (κ1) is 23.1. The number of carboxylic acid groups (broad SMARTS) is 1. The highest BCUT2D eigenvalue weighted by Gasteiger charge is 2.49. The summed E-state index contributed by atoms with van der Waals surface area (Å²) in [6.45, 7) is 3.51. The number of benzene rings is 3. The molecule has 1 amide bonds. The molecule has 0 aliphatic carbocycles. The minimum Gasteiger partial charge on any atom is -0.485 e. The standard InChI is InChI=1S/C26H21ClN2O5/c1-26(2)23(22(25(31)32)20-13-15(14-28)3-12-21(20)34-26)33-19-10-4-16(5-11-19)24(30)29-18-8-6-17(27)7-9-18/h3-13,22-23H,1-2H3,(H,29,30)(H,31,32). The van der Waals surface area contributed by atoms with Crippen molar-refractivity contribution in [2.24, 2.45) is 0 Å². The Morgan fingerprint density at radius 3 is 2.38 bits per heavy atom. The van der Waals surface area contributed by atoms with Gasteiger partial charge in [-0.1, -0.05) is 11.6 Å². The van der Waals surface area contributed by atoms with E-state index < -0.39 is 23.6 Å². The number of rotatable bonds is 5. The molecule has 0 aromatic heterocycles. The van der Waals surface area contributed by atoms with Crippen LogP contribution in [-0.2, 0) is 4.79 Å². The lowest BCUT2D eigenvalue weighted by atomic mass is 9.80. The van der Waals surface area contributed by atoms with E-state index in [4.69, 9.17) is 21.1 Å². The molecule has 34 heavy (non-hydrogen) atoms. The number of amides is 1. The molecule has 0 fully saturated rings. The second kappa shape index (κ2) is 9.08. The van der Waals surface area contributed by atoms with E-state index in [9.17, 15) is 20.0 Å². The summed E-state index contributed by atoms with van der Waals surface area (Å²) in [7, 11) is 0. The molecule has 8 heteroatoms. The second-order valence-electron chi connectivity index (χ2n) is 8.41. The summed E-state index contributed by atoms with van der Waals surface area (Å²) >= 11 is 5.87. The van der Waals surface area contributed by atoms with Crippen molar-refractivity contribution in [1.82, 2.24) is 0 Å². The number of ether oxygens (including phenoxy) is 2. The van der Waals surface area contributed by atoms with E-state index in [1.54, 1.807) is 74.5 Å². The summed E-state index contributed by atoms with van der Waals surface area (Å²) < 4.78 is 12.2. The molecule has 0 radical (unpaired) electrons. The Morgan fingerprint density at radius 1 is 1.09 bits per heavy atom. The van der Waals surface area contributed by atoms with Crippen LogP contribution in [0.5, 0.6) is 11.5 Å². The minimum absolute atomic E-state index is 0.309. The van der Waals surface area contributed by atoms with E-state index in [1.807, 2.05) is 6.07 Å². The maximum atomic E-state index is 12.5. The predicted molar refractivity (Wildman–Crippen MR) is 127 cm³/mol. The van der Waals surface area contributed by atoms with Crippen LogP contribution < -0.4 is 14.8 Å². The monoisotopic (exact) mass is 476 g/mol. The van der Waals surface area contributed by atoms with Gasteiger partial charge in [-0.3, -0.25) is 9.59 Å². The molecular weight excluding hydrogens is 456 g/mol. The largest absolute Gasteiger partial charge is 0.485 e. The van der Waals surface area contributed by atoms with Gasteiger partial charge in [-0.15, -0.1) is 0 Å². The Labute approximate surface area is 201 Å². The Hall–Kier alpha value is -4.02. The summed E-state index contributed by atoms with van der Waals surface area (Å²) in [5, 5.41) is 22.6. The van der Waals surface area contributed by atoms with Gasteiger partial charge in [0.25, 0.3) is 5.91 Å². The average Bonchev–Trinajstić information content (AvgIpc) is 2.80. The number of hydrogen-bond acceptors (Lipinski definition) is 5. The molecule has 2 unspecified atom stereocenters. The van der Waals surface area contributed by atoms with E-state index in [0.29, 0.717) is 38.9 Å². The third-order valence-corrected chi connectivity index (χ3v) is 5.83. The summed E-state index contributed by atoms with van der Waals surface area (Å²) in [6.07, 6.45) is -0.889. The van der Waals surface area contributed by atoms with Crippen molar-refractivity contribution >= 4 is 29.2 Å². The van der Waals surface area contributed by atoms with Gasteiger partial charge in [0.05, 0.1) is 11.6 Å². The van der Waals surface area contributed by atoms with Crippen LogP contribution in [0.4, 0.5) is 5.69 Å². The SMILES string of the molecule is CC1(C)Oc2ccc(C#N)cc2C(C(=O)O)C1Oc1ccc(C(=O)Nc2ccc(Cl)cc2)cc1. The first-order chi connectivity index (χ1) is 16.2. The van der Waals surface area contributed by atoms with Gasteiger partial charge in [-0.05, 0) is 80.6 Å². The molecule has 0 spiro atoms. The number of aliphatic carboxylic acids is 1. The summed E-state index contributed by atoms with van der Waals surface area (Å²) in [5.41, 5.74) is 0.753. The minimum atomic E-state index is -1.09. The van der Waals surface area contributed by atoms with Crippen molar-refractivity contribution in [3.8, 4) is 17.6 Å². The van der Waals surface area contributed by atoms with Crippen LogP contribution in [0.15, 0.2) is 66.7 Å². The van der Waals surface area contributed by atoms with Crippen LogP contribution in [0, 0.1) is 11.3 Å². The van der Waals surface area contributed by atoms with Crippen LogP contribution in [0.3, 0.4) is 0 Å².